The van der Waals surface area contributed by atoms with Crippen molar-refractivity contribution < 1.29 is 13.9 Å². The minimum absolute atomic E-state index is 0.0759. The smallest absolute Gasteiger partial charge is 0.270 e. The third-order valence-corrected chi connectivity index (χ3v) is 8.21. The van der Waals surface area contributed by atoms with Gasteiger partial charge >= 0.3 is 0 Å². The summed E-state index contributed by atoms with van der Waals surface area (Å²) in [6.07, 6.45) is 6.69. The zero-order chi connectivity index (χ0) is 22.7. The predicted molar refractivity (Wildman–Crippen MR) is 124 cm³/mol. The number of nitrogens with zero attached hydrogens (tertiary/aromatic N) is 3. The van der Waals surface area contributed by atoms with Crippen molar-refractivity contribution in [2.24, 2.45) is 11.3 Å². The monoisotopic (exact) mass is 446 g/mol. The summed E-state index contributed by atoms with van der Waals surface area (Å²) in [5, 5.41) is 2.95. The fraction of sp³-hybridized carbons (Fsp3) is 0.760. The van der Waals surface area contributed by atoms with E-state index in [-0.39, 0.29) is 17.6 Å². The maximum absolute atomic E-state index is 14.8. The van der Waals surface area contributed by atoms with Crippen LogP contribution in [-0.4, -0.2) is 67.3 Å². The van der Waals surface area contributed by atoms with Crippen LogP contribution in [0.4, 0.5) is 10.1 Å². The topological polar surface area (TPSA) is 57.7 Å². The number of aromatic nitrogens is 1. The van der Waals surface area contributed by atoms with Gasteiger partial charge in [-0.15, -0.1) is 0 Å². The first-order chi connectivity index (χ1) is 15.4. The van der Waals surface area contributed by atoms with Crippen LogP contribution in [0.25, 0.3) is 0 Å². The van der Waals surface area contributed by atoms with Gasteiger partial charge in [-0.1, -0.05) is 27.2 Å². The largest absolute Gasteiger partial charge is 0.381 e. The zero-order valence-corrected chi connectivity index (χ0v) is 19.9. The number of anilines is 1. The van der Waals surface area contributed by atoms with Gasteiger partial charge in [-0.05, 0) is 55.6 Å². The van der Waals surface area contributed by atoms with E-state index in [1.54, 1.807) is 12.1 Å². The first kappa shape index (κ1) is 23.4. The van der Waals surface area contributed by atoms with E-state index in [9.17, 15) is 9.18 Å². The molecule has 3 fully saturated rings. The Morgan fingerprint density at radius 1 is 1.16 bits per heavy atom. The van der Waals surface area contributed by atoms with Crippen molar-refractivity contribution in [3.63, 3.8) is 0 Å². The van der Waals surface area contributed by atoms with Crippen LogP contribution in [0, 0.1) is 17.3 Å². The van der Waals surface area contributed by atoms with Crippen LogP contribution in [0.3, 0.4) is 0 Å². The Bertz CT molecular complexity index is 788. The fourth-order valence-corrected chi connectivity index (χ4v) is 5.51. The number of halogens is 1. The highest BCUT2D eigenvalue weighted by Crippen LogP contribution is 2.43. The molecule has 32 heavy (non-hydrogen) atoms. The molecule has 178 valence electrons. The summed E-state index contributed by atoms with van der Waals surface area (Å²) in [5.41, 5.74) is 1.07. The zero-order valence-electron chi connectivity index (χ0n) is 19.9. The molecule has 0 radical (unpaired) electrons. The Morgan fingerprint density at radius 2 is 1.88 bits per heavy atom. The molecule has 3 heterocycles. The third kappa shape index (κ3) is 5.25. The summed E-state index contributed by atoms with van der Waals surface area (Å²) in [4.78, 5) is 21.1. The van der Waals surface area contributed by atoms with E-state index >= 15 is 0 Å². The second-order valence-electron chi connectivity index (χ2n) is 10.4. The van der Waals surface area contributed by atoms with E-state index in [0.717, 1.165) is 44.9 Å². The molecule has 2 aliphatic heterocycles. The summed E-state index contributed by atoms with van der Waals surface area (Å²) >= 11 is 0. The molecular weight excluding hydrogens is 407 g/mol. The predicted octanol–water partition coefficient (Wildman–Crippen LogP) is 3.86. The van der Waals surface area contributed by atoms with Crippen molar-refractivity contribution in [2.45, 2.75) is 71.4 Å². The number of carbonyl (C=O) groups excluding carboxylic acids is 1. The Hall–Kier alpha value is -1.73. The van der Waals surface area contributed by atoms with Crippen LogP contribution in [0.2, 0.25) is 0 Å². The number of piperazine rings is 1. The second kappa shape index (κ2) is 10.0. The molecule has 0 bridgehead atoms. The average molecular weight is 447 g/mol. The molecule has 1 N–H and O–H groups in total. The lowest BCUT2D eigenvalue weighted by molar-refractivity contribution is 0.0693. The van der Waals surface area contributed by atoms with Crippen LogP contribution in [0.15, 0.2) is 12.1 Å². The lowest BCUT2D eigenvalue weighted by Gasteiger charge is -2.39. The summed E-state index contributed by atoms with van der Waals surface area (Å²) < 4.78 is 20.1. The minimum atomic E-state index is -0.552. The number of hydrogen-bond acceptors (Lipinski definition) is 5. The molecule has 0 aromatic carbocycles. The maximum Gasteiger partial charge on any atom is 0.270 e. The third-order valence-electron chi connectivity index (χ3n) is 8.21. The number of rotatable bonds is 6. The molecule has 1 aromatic rings. The number of amides is 1. The molecule has 4 rings (SSSR count). The van der Waals surface area contributed by atoms with Gasteiger partial charge in [0.1, 0.15) is 5.69 Å². The van der Waals surface area contributed by atoms with Gasteiger partial charge in [-0.2, -0.15) is 4.39 Å². The van der Waals surface area contributed by atoms with Gasteiger partial charge in [0, 0.05) is 51.5 Å². The molecule has 2 atom stereocenters. The van der Waals surface area contributed by atoms with Crippen LogP contribution in [0.1, 0.15) is 69.8 Å². The molecule has 1 aromatic heterocycles. The van der Waals surface area contributed by atoms with Gasteiger partial charge in [-0.3, -0.25) is 9.69 Å². The number of pyridine rings is 1. The van der Waals surface area contributed by atoms with Gasteiger partial charge < -0.3 is 15.0 Å². The molecule has 2 unspecified atom stereocenters. The van der Waals surface area contributed by atoms with Crippen molar-refractivity contribution >= 4 is 11.6 Å². The number of nitrogens with one attached hydrogen (secondary N) is 1. The second-order valence-corrected chi connectivity index (χ2v) is 10.4. The molecule has 6 nitrogen and oxygen atoms in total. The highest BCUT2D eigenvalue weighted by Gasteiger charge is 2.38. The van der Waals surface area contributed by atoms with Crippen LogP contribution in [-0.2, 0) is 4.74 Å². The van der Waals surface area contributed by atoms with Gasteiger partial charge in [0.15, 0.2) is 0 Å². The Balaban J connectivity index is 1.30. The molecule has 1 amide bonds. The molecular formula is C25H39FN4O2. The lowest BCUT2D eigenvalue weighted by atomic mass is 9.76. The van der Waals surface area contributed by atoms with Crippen molar-refractivity contribution in [1.82, 2.24) is 15.2 Å². The molecule has 2 saturated heterocycles. The molecule has 7 heteroatoms. The quantitative estimate of drug-likeness (QED) is 0.673. The average Bonchev–Trinajstić information content (AvgIpc) is 3.31. The van der Waals surface area contributed by atoms with E-state index < -0.39 is 5.95 Å². The van der Waals surface area contributed by atoms with Crippen molar-refractivity contribution in [3.8, 4) is 0 Å². The summed E-state index contributed by atoms with van der Waals surface area (Å²) in [7, 11) is 0. The lowest BCUT2D eigenvalue weighted by Crippen LogP contribution is -2.50. The van der Waals surface area contributed by atoms with Gasteiger partial charge in [-0.25, -0.2) is 4.98 Å². The molecule has 3 aliphatic rings. The van der Waals surface area contributed by atoms with E-state index in [4.69, 9.17) is 4.74 Å². The van der Waals surface area contributed by atoms with Crippen LogP contribution < -0.4 is 10.2 Å². The van der Waals surface area contributed by atoms with Gasteiger partial charge in [0.05, 0.1) is 5.69 Å². The molecule has 0 spiro atoms. The van der Waals surface area contributed by atoms with Gasteiger partial charge in [0.2, 0.25) is 5.95 Å². The number of hydrogen-bond donors (Lipinski definition) is 1. The first-order valence-electron chi connectivity index (χ1n) is 12.4. The van der Waals surface area contributed by atoms with E-state index in [1.165, 1.54) is 25.7 Å². The summed E-state index contributed by atoms with van der Waals surface area (Å²) in [6.45, 7) is 11.9. The van der Waals surface area contributed by atoms with E-state index in [1.807, 2.05) is 0 Å². The van der Waals surface area contributed by atoms with Crippen molar-refractivity contribution in [2.75, 3.05) is 44.3 Å². The van der Waals surface area contributed by atoms with Crippen LogP contribution >= 0.6 is 0 Å². The van der Waals surface area contributed by atoms with Crippen molar-refractivity contribution in [3.05, 3.63) is 23.8 Å². The summed E-state index contributed by atoms with van der Waals surface area (Å²) in [5.74, 6) is -0.0568. The Kier molecular flexibility index (Phi) is 7.35. The summed E-state index contributed by atoms with van der Waals surface area (Å²) in [6, 6.07) is 4.10. The highest BCUT2D eigenvalue weighted by atomic mass is 19.1. The molecule has 1 aliphatic carbocycles. The normalized spacial score (nSPS) is 25.8. The first-order valence-corrected chi connectivity index (χ1v) is 12.4. The standard InChI is InChI=1S/C25H39FN4O2/c1-4-25(2,3)18-5-6-20(17-18)29-11-13-30(14-12-29)22-8-7-21(28-23(22)26)24(31)27-19-9-15-32-16-10-19/h7-8,18-20H,4-6,9-17H2,1-3H3,(H,27,31). The maximum atomic E-state index is 14.8. The van der Waals surface area contributed by atoms with E-state index in [0.29, 0.717) is 30.4 Å². The van der Waals surface area contributed by atoms with Crippen LogP contribution in [0.5, 0.6) is 0 Å². The van der Waals surface area contributed by atoms with E-state index in [2.05, 4.69) is 40.9 Å². The fourth-order valence-electron chi connectivity index (χ4n) is 5.51. The molecule has 1 saturated carbocycles. The van der Waals surface area contributed by atoms with Crippen molar-refractivity contribution in [1.29, 1.82) is 0 Å². The minimum Gasteiger partial charge on any atom is -0.381 e. The number of ether oxygens (including phenoxy) is 1. The number of carbonyl (C=O) groups is 1. The Labute approximate surface area is 191 Å². The Morgan fingerprint density at radius 3 is 2.53 bits per heavy atom. The highest BCUT2D eigenvalue weighted by molar-refractivity contribution is 5.92. The SMILES string of the molecule is CCC(C)(C)C1CCC(N2CCN(c3ccc(C(=O)NC4CCOCC4)nc3F)CC2)C1. The van der Waals surface area contributed by atoms with Gasteiger partial charge in [0.25, 0.3) is 5.91 Å².